The van der Waals surface area contributed by atoms with Gasteiger partial charge in [0.2, 0.25) is 0 Å². The van der Waals surface area contributed by atoms with Crippen LogP contribution in [0.1, 0.15) is 44.9 Å². The third-order valence-corrected chi connectivity index (χ3v) is 5.26. The molecule has 1 aliphatic carbocycles. The second-order valence-electron chi connectivity index (χ2n) is 6.13. The molecule has 3 nitrogen and oxygen atoms in total. The first-order chi connectivity index (χ1) is 8.31. The highest BCUT2D eigenvalue weighted by molar-refractivity contribution is 5.01. The van der Waals surface area contributed by atoms with Crippen LogP contribution < -0.4 is 5.32 Å². The largest absolute Gasteiger partial charge is 0.381 e. The molecule has 3 aliphatic rings. The summed E-state index contributed by atoms with van der Waals surface area (Å²) < 4.78 is 5.43. The van der Waals surface area contributed by atoms with E-state index in [-0.39, 0.29) is 0 Å². The van der Waals surface area contributed by atoms with E-state index >= 15 is 0 Å². The van der Waals surface area contributed by atoms with Gasteiger partial charge < -0.3 is 10.1 Å². The molecular formula is C14H26N2O. The number of rotatable bonds is 3. The van der Waals surface area contributed by atoms with Crippen molar-refractivity contribution in [1.29, 1.82) is 0 Å². The van der Waals surface area contributed by atoms with Crippen LogP contribution in [0.5, 0.6) is 0 Å². The maximum absolute atomic E-state index is 5.43. The molecule has 2 saturated heterocycles. The van der Waals surface area contributed by atoms with Crippen molar-refractivity contribution in [3.05, 3.63) is 0 Å². The zero-order chi connectivity index (χ0) is 11.8. The van der Waals surface area contributed by atoms with Gasteiger partial charge in [-0.1, -0.05) is 6.42 Å². The van der Waals surface area contributed by atoms with Crippen LogP contribution in [0, 0.1) is 0 Å². The lowest BCUT2D eigenvalue weighted by Crippen LogP contribution is -2.62. The quantitative estimate of drug-likeness (QED) is 0.811. The molecule has 98 valence electrons. The molecule has 0 aromatic carbocycles. The number of nitrogens with zero attached hydrogens (tertiary/aromatic N) is 1. The number of piperidine rings is 2. The zero-order valence-electron chi connectivity index (χ0n) is 11.2. The van der Waals surface area contributed by atoms with Gasteiger partial charge in [-0.25, -0.2) is 0 Å². The van der Waals surface area contributed by atoms with E-state index in [9.17, 15) is 0 Å². The number of fused-ring (bicyclic) bond motifs is 2. The van der Waals surface area contributed by atoms with Crippen LogP contribution in [0.4, 0.5) is 0 Å². The van der Waals surface area contributed by atoms with E-state index in [1.165, 1.54) is 44.9 Å². The van der Waals surface area contributed by atoms with Crippen LogP contribution in [0.3, 0.4) is 0 Å². The average molecular weight is 238 g/mol. The van der Waals surface area contributed by atoms with Gasteiger partial charge in [-0.2, -0.15) is 0 Å². The number of nitrogens with one attached hydrogen (secondary N) is 1. The van der Waals surface area contributed by atoms with E-state index in [4.69, 9.17) is 4.74 Å². The van der Waals surface area contributed by atoms with Crippen LogP contribution in [-0.4, -0.2) is 49.3 Å². The Hall–Kier alpha value is -0.120. The lowest BCUT2D eigenvalue weighted by molar-refractivity contribution is -0.0887. The fourth-order valence-electron chi connectivity index (χ4n) is 4.22. The Morgan fingerprint density at radius 3 is 2.18 bits per heavy atom. The fourth-order valence-corrected chi connectivity index (χ4v) is 4.22. The van der Waals surface area contributed by atoms with E-state index in [2.05, 4.69) is 17.3 Å². The van der Waals surface area contributed by atoms with Crippen LogP contribution in [0.25, 0.3) is 0 Å². The van der Waals surface area contributed by atoms with Gasteiger partial charge in [0.25, 0.3) is 0 Å². The average Bonchev–Trinajstić information content (AvgIpc) is 2.27. The molecule has 3 rings (SSSR count). The van der Waals surface area contributed by atoms with Crippen LogP contribution in [0.2, 0.25) is 0 Å². The molecule has 0 radical (unpaired) electrons. The predicted molar refractivity (Wildman–Crippen MR) is 69.2 cm³/mol. The Morgan fingerprint density at radius 1 is 1.00 bits per heavy atom. The van der Waals surface area contributed by atoms with Gasteiger partial charge in [-0.05, 0) is 45.6 Å². The number of hydrogen-bond acceptors (Lipinski definition) is 3. The molecule has 0 spiro atoms. The monoisotopic (exact) mass is 238 g/mol. The molecule has 17 heavy (non-hydrogen) atoms. The summed E-state index contributed by atoms with van der Waals surface area (Å²) in [5, 5.41) is 3.50. The summed E-state index contributed by atoms with van der Waals surface area (Å²) in [6.07, 6.45) is 10.1. The van der Waals surface area contributed by atoms with Crippen molar-refractivity contribution >= 4 is 0 Å². The van der Waals surface area contributed by atoms with Crippen molar-refractivity contribution in [2.45, 2.75) is 75.2 Å². The molecular weight excluding hydrogens is 212 g/mol. The first kappa shape index (κ1) is 11.9. The van der Waals surface area contributed by atoms with Gasteiger partial charge in [0.15, 0.2) is 0 Å². The van der Waals surface area contributed by atoms with Gasteiger partial charge in [0.05, 0.1) is 6.10 Å². The van der Waals surface area contributed by atoms with Crippen LogP contribution in [0.15, 0.2) is 0 Å². The van der Waals surface area contributed by atoms with Gasteiger partial charge in [-0.15, -0.1) is 0 Å². The maximum Gasteiger partial charge on any atom is 0.0601 e. The minimum absolute atomic E-state index is 0.544. The molecule has 2 unspecified atom stereocenters. The number of methoxy groups -OCH3 is 1. The molecule has 2 heterocycles. The lowest BCUT2D eigenvalue weighted by atomic mass is 9.76. The standard InChI is InChI=1S/C14H26N2O/c1-15-10-6-11-4-3-5-12(7-10)16(11)13-8-14(9-13)17-2/h10-15H,3-9H2,1-2H3. The molecule has 2 aliphatic heterocycles. The maximum atomic E-state index is 5.43. The fraction of sp³-hybridized carbons (Fsp3) is 1.00. The SMILES string of the molecule is CNC1CC2CCCC(C1)N2C1CC(OC)C1. The van der Waals surface area contributed by atoms with Crippen molar-refractivity contribution in [2.75, 3.05) is 14.2 Å². The summed E-state index contributed by atoms with van der Waals surface area (Å²) in [7, 11) is 3.98. The third-order valence-electron chi connectivity index (χ3n) is 5.26. The van der Waals surface area contributed by atoms with Crippen LogP contribution >= 0.6 is 0 Å². The Balaban J connectivity index is 1.64. The topological polar surface area (TPSA) is 24.5 Å². The predicted octanol–water partition coefficient (Wildman–Crippen LogP) is 1.77. The molecule has 1 saturated carbocycles. The van der Waals surface area contributed by atoms with E-state index in [0.717, 1.165) is 24.2 Å². The van der Waals surface area contributed by atoms with Gasteiger partial charge >= 0.3 is 0 Å². The van der Waals surface area contributed by atoms with Crippen molar-refractivity contribution in [2.24, 2.45) is 0 Å². The smallest absolute Gasteiger partial charge is 0.0601 e. The van der Waals surface area contributed by atoms with Gasteiger partial charge in [0, 0.05) is 31.3 Å². The zero-order valence-corrected chi connectivity index (χ0v) is 11.2. The first-order valence-corrected chi connectivity index (χ1v) is 7.29. The highest BCUT2D eigenvalue weighted by Crippen LogP contribution is 2.41. The summed E-state index contributed by atoms with van der Waals surface area (Å²) in [6, 6.07) is 3.29. The lowest BCUT2D eigenvalue weighted by Gasteiger charge is -2.55. The molecule has 0 amide bonds. The van der Waals surface area contributed by atoms with Crippen molar-refractivity contribution in [3.8, 4) is 0 Å². The van der Waals surface area contributed by atoms with Gasteiger partial charge in [-0.3, -0.25) is 4.90 Å². The first-order valence-electron chi connectivity index (χ1n) is 7.29. The normalized spacial score (nSPS) is 46.6. The summed E-state index contributed by atoms with van der Waals surface area (Å²) in [6.45, 7) is 0. The Morgan fingerprint density at radius 2 is 1.65 bits per heavy atom. The van der Waals surface area contributed by atoms with E-state index < -0.39 is 0 Å². The highest BCUT2D eigenvalue weighted by atomic mass is 16.5. The van der Waals surface area contributed by atoms with E-state index in [1.807, 2.05) is 7.11 Å². The van der Waals surface area contributed by atoms with Crippen molar-refractivity contribution in [1.82, 2.24) is 10.2 Å². The third kappa shape index (κ3) is 2.13. The molecule has 0 aromatic rings. The molecule has 3 heteroatoms. The summed E-state index contributed by atoms with van der Waals surface area (Å²) in [4.78, 5) is 2.87. The summed E-state index contributed by atoms with van der Waals surface area (Å²) in [5.41, 5.74) is 0. The summed E-state index contributed by atoms with van der Waals surface area (Å²) in [5.74, 6) is 0. The van der Waals surface area contributed by atoms with Crippen LogP contribution in [-0.2, 0) is 4.74 Å². The number of ether oxygens (including phenoxy) is 1. The minimum atomic E-state index is 0.544. The van der Waals surface area contributed by atoms with Gasteiger partial charge in [0.1, 0.15) is 0 Å². The Labute approximate surface area is 105 Å². The number of hydrogen-bond donors (Lipinski definition) is 1. The Kier molecular flexibility index (Phi) is 3.42. The van der Waals surface area contributed by atoms with E-state index in [0.29, 0.717) is 6.10 Å². The molecule has 2 bridgehead atoms. The molecule has 3 fully saturated rings. The van der Waals surface area contributed by atoms with Crippen molar-refractivity contribution in [3.63, 3.8) is 0 Å². The highest BCUT2D eigenvalue weighted by Gasteiger charge is 2.45. The second-order valence-corrected chi connectivity index (χ2v) is 6.13. The second kappa shape index (κ2) is 4.87. The summed E-state index contributed by atoms with van der Waals surface area (Å²) >= 11 is 0. The molecule has 1 N–H and O–H groups in total. The molecule has 0 aromatic heterocycles. The van der Waals surface area contributed by atoms with Crippen molar-refractivity contribution < 1.29 is 4.74 Å². The Bertz CT molecular complexity index is 251. The minimum Gasteiger partial charge on any atom is -0.381 e. The molecule has 2 atom stereocenters. The van der Waals surface area contributed by atoms with E-state index in [1.54, 1.807) is 0 Å².